The summed E-state index contributed by atoms with van der Waals surface area (Å²) in [5.41, 5.74) is 6.80. The maximum absolute atomic E-state index is 5.66. The van der Waals surface area contributed by atoms with E-state index in [1.807, 2.05) is 18.2 Å². The van der Waals surface area contributed by atoms with E-state index in [1.165, 1.54) is 0 Å². The average molecular weight is 178 g/mol. The zero-order valence-corrected chi connectivity index (χ0v) is 8.33. The number of anilines is 1. The fourth-order valence-corrected chi connectivity index (χ4v) is 1.25. The predicted molar refractivity (Wildman–Crippen MR) is 57.7 cm³/mol. The first kappa shape index (κ1) is 10.1. The lowest BCUT2D eigenvalue weighted by Crippen LogP contribution is -2.33. The van der Waals surface area contributed by atoms with Crippen LogP contribution in [0.1, 0.15) is 13.8 Å². The van der Waals surface area contributed by atoms with Gasteiger partial charge in [0.15, 0.2) is 0 Å². The first-order chi connectivity index (χ1) is 6.24. The van der Waals surface area contributed by atoms with Gasteiger partial charge in [-0.15, -0.1) is 0 Å². The summed E-state index contributed by atoms with van der Waals surface area (Å²) in [4.78, 5) is 0. The van der Waals surface area contributed by atoms with Crippen molar-refractivity contribution >= 4 is 5.69 Å². The van der Waals surface area contributed by atoms with Crippen LogP contribution in [0.2, 0.25) is 0 Å². The van der Waals surface area contributed by atoms with Crippen LogP contribution in [0, 0.1) is 5.92 Å². The number of rotatable bonds is 4. The van der Waals surface area contributed by atoms with Crippen molar-refractivity contribution in [2.75, 3.05) is 11.9 Å². The molecule has 0 amide bonds. The van der Waals surface area contributed by atoms with Gasteiger partial charge in [-0.05, 0) is 18.1 Å². The van der Waals surface area contributed by atoms with E-state index in [9.17, 15) is 0 Å². The Morgan fingerprint density at radius 1 is 1.23 bits per heavy atom. The minimum Gasteiger partial charge on any atom is -0.381 e. The average Bonchev–Trinajstić information content (AvgIpc) is 2.15. The largest absolute Gasteiger partial charge is 0.381 e. The third-order valence-corrected chi connectivity index (χ3v) is 2.18. The standard InChI is InChI=1S/C11H18N2/c1-9(2)11(8-12)13-10-6-4-3-5-7-10/h3-7,9,11,13H,8,12H2,1-2H3. The molecule has 0 spiro atoms. The molecule has 1 unspecified atom stereocenters. The highest BCUT2D eigenvalue weighted by molar-refractivity contribution is 5.43. The van der Waals surface area contributed by atoms with Crippen LogP contribution in [0.4, 0.5) is 5.69 Å². The van der Waals surface area contributed by atoms with Crippen molar-refractivity contribution in [3.8, 4) is 0 Å². The van der Waals surface area contributed by atoms with E-state index in [0.717, 1.165) is 5.69 Å². The summed E-state index contributed by atoms with van der Waals surface area (Å²) in [6.45, 7) is 5.02. The van der Waals surface area contributed by atoms with Crippen LogP contribution >= 0.6 is 0 Å². The summed E-state index contributed by atoms with van der Waals surface area (Å²) < 4.78 is 0. The summed E-state index contributed by atoms with van der Waals surface area (Å²) in [5, 5.41) is 3.40. The van der Waals surface area contributed by atoms with Gasteiger partial charge >= 0.3 is 0 Å². The Labute approximate surface area is 80.1 Å². The molecule has 13 heavy (non-hydrogen) atoms. The van der Waals surface area contributed by atoms with E-state index in [2.05, 4.69) is 31.3 Å². The SMILES string of the molecule is CC(C)C(CN)Nc1ccccc1. The monoisotopic (exact) mass is 178 g/mol. The minimum atomic E-state index is 0.363. The fraction of sp³-hybridized carbons (Fsp3) is 0.455. The lowest BCUT2D eigenvalue weighted by molar-refractivity contribution is 0.531. The van der Waals surface area contributed by atoms with E-state index in [0.29, 0.717) is 18.5 Å². The van der Waals surface area contributed by atoms with E-state index < -0.39 is 0 Å². The number of nitrogens with one attached hydrogen (secondary N) is 1. The van der Waals surface area contributed by atoms with Crippen LogP contribution in [0.3, 0.4) is 0 Å². The first-order valence-electron chi connectivity index (χ1n) is 4.75. The van der Waals surface area contributed by atoms with Gasteiger partial charge in [0, 0.05) is 18.3 Å². The fourth-order valence-electron chi connectivity index (χ4n) is 1.25. The molecule has 0 saturated carbocycles. The molecule has 0 aliphatic heterocycles. The Hall–Kier alpha value is -1.02. The molecule has 2 nitrogen and oxygen atoms in total. The predicted octanol–water partition coefficient (Wildman–Crippen LogP) is 2.08. The molecule has 1 aromatic carbocycles. The number of nitrogens with two attached hydrogens (primary N) is 1. The van der Waals surface area contributed by atoms with Crippen LogP contribution in [0.5, 0.6) is 0 Å². The second kappa shape index (κ2) is 4.87. The molecule has 0 aliphatic rings. The van der Waals surface area contributed by atoms with Crippen molar-refractivity contribution in [1.29, 1.82) is 0 Å². The Morgan fingerprint density at radius 3 is 2.31 bits per heavy atom. The van der Waals surface area contributed by atoms with Crippen LogP contribution < -0.4 is 11.1 Å². The lowest BCUT2D eigenvalue weighted by Gasteiger charge is -2.21. The molecule has 3 N–H and O–H groups in total. The molecule has 0 fully saturated rings. The van der Waals surface area contributed by atoms with Gasteiger partial charge in [0.1, 0.15) is 0 Å². The molecule has 0 saturated heterocycles. The zero-order chi connectivity index (χ0) is 9.68. The van der Waals surface area contributed by atoms with Crippen LogP contribution in [0.15, 0.2) is 30.3 Å². The van der Waals surface area contributed by atoms with Gasteiger partial charge in [0.2, 0.25) is 0 Å². The molecule has 1 rings (SSSR count). The van der Waals surface area contributed by atoms with E-state index in [-0.39, 0.29) is 0 Å². The van der Waals surface area contributed by atoms with Crippen molar-refractivity contribution < 1.29 is 0 Å². The molecule has 2 heteroatoms. The lowest BCUT2D eigenvalue weighted by atomic mass is 10.0. The Kier molecular flexibility index (Phi) is 3.77. The van der Waals surface area contributed by atoms with Gasteiger partial charge in [-0.1, -0.05) is 32.0 Å². The highest BCUT2D eigenvalue weighted by Crippen LogP contribution is 2.10. The van der Waals surface area contributed by atoms with E-state index >= 15 is 0 Å². The number of para-hydroxylation sites is 1. The number of hydrogen-bond acceptors (Lipinski definition) is 2. The topological polar surface area (TPSA) is 38.0 Å². The van der Waals surface area contributed by atoms with Gasteiger partial charge in [-0.2, -0.15) is 0 Å². The van der Waals surface area contributed by atoms with Crippen molar-refractivity contribution in [2.24, 2.45) is 11.7 Å². The molecule has 0 aromatic heterocycles. The Balaban J connectivity index is 2.57. The van der Waals surface area contributed by atoms with E-state index in [1.54, 1.807) is 0 Å². The van der Waals surface area contributed by atoms with E-state index in [4.69, 9.17) is 5.73 Å². The zero-order valence-electron chi connectivity index (χ0n) is 8.33. The Bertz CT molecular complexity index is 231. The molecule has 1 atom stereocenters. The van der Waals surface area contributed by atoms with Crippen LogP contribution in [-0.2, 0) is 0 Å². The molecule has 72 valence electrons. The van der Waals surface area contributed by atoms with Gasteiger partial charge in [0.05, 0.1) is 0 Å². The first-order valence-corrected chi connectivity index (χ1v) is 4.75. The summed E-state index contributed by atoms with van der Waals surface area (Å²) in [7, 11) is 0. The van der Waals surface area contributed by atoms with Gasteiger partial charge in [-0.3, -0.25) is 0 Å². The smallest absolute Gasteiger partial charge is 0.0406 e. The minimum absolute atomic E-state index is 0.363. The Morgan fingerprint density at radius 2 is 1.85 bits per heavy atom. The van der Waals surface area contributed by atoms with Crippen LogP contribution in [-0.4, -0.2) is 12.6 Å². The van der Waals surface area contributed by atoms with Gasteiger partial charge in [0.25, 0.3) is 0 Å². The molecule has 0 bridgehead atoms. The summed E-state index contributed by atoms with van der Waals surface area (Å²) in [6, 6.07) is 10.5. The van der Waals surface area contributed by atoms with Crippen molar-refractivity contribution in [3.05, 3.63) is 30.3 Å². The second-order valence-corrected chi connectivity index (χ2v) is 3.60. The third kappa shape index (κ3) is 3.07. The molecular formula is C11H18N2. The molecule has 1 aromatic rings. The summed E-state index contributed by atoms with van der Waals surface area (Å²) in [5.74, 6) is 0.560. The highest BCUT2D eigenvalue weighted by Gasteiger charge is 2.09. The number of hydrogen-bond donors (Lipinski definition) is 2. The quantitative estimate of drug-likeness (QED) is 0.740. The second-order valence-electron chi connectivity index (χ2n) is 3.60. The summed E-state index contributed by atoms with van der Waals surface area (Å²) in [6.07, 6.45) is 0. The molecular weight excluding hydrogens is 160 g/mol. The third-order valence-electron chi connectivity index (χ3n) is 2.18. The van der Waals surface area contributed by atoms with Gasteiger partial charge < -0.3 is 11.1 Å². The maximum Gasteiger partial charge on any atom is 0.0406 e. The van der Waals surface area contributed by atoms with Crippen LogP contribution in [0.25, 0.3) is 0 Å². The number of benzene rings is 1. The van der Waals surface area contributed by atoms with Crippen molar-refractivity contribution in [2.45, 2.75) is 19.9 Å². The molecule has 0 heterocycles. The molecule has 0 radical (unpaired) electrons. The molecule has 0 aliphatic carbocycles. The van der Waals surface area contributed by atoms with Crippen molar-refractivity contribution in [3.63, 3.8) is 0 Å². The maximum atomic E-state index is 5.66. The summed E-state index contributed by atoms with van der Waals surface area (Å²) >= 11 is 0. The highest BCUT2D eigenvalue weighted by atomic mass is 14.9. The van der Waals surface area contributed by atoms with Gasteiger partial charge in [-0.25, -0.2) is 0 Å². The van der Waals surface area contributed by atoms with Crippen molar-refractivity contribution in [1.82, 2.24) is 0 Å². The normalized spacial score (nSPS) is 12.9.